The minimum Gasteiger partial charge on any atom is -0.457 e. The van der Waals surface area contributed by atoms with Crippen molar-refractivity contribution in [2.75, 3.05) is 0 Å². The van der Waals surface area contributed by atoms with Crippen LogP contribution in [0.2, 0.25) is 0 Å². The predicted octanol–water partition coefficient (Wildman–Crippen LogP) is 9.72. The summed E-state index contributed by atoms with van der Waals surface area (Å²) in [5, 5.41) is 5.44. The molecule has 0 aliphatic rings. The summed E-state index contributed by atoms with van der Waals surface area (Å²) in [6.45, 7) is 6.62. The molecule has 0 saturated heterocycles. The molecule has 0 aliphatic carbocycles. The fourth-order valence-electron chi connectivity index (χ4n) is 5.80. The first kappa shape index (κ1) is 23.7. The summed E-state index contributed by atoms with van der Waals surface area (Å²) in [6.07, 6.45) is 3.81. The molecule has 0 N–H and O–H groups in total. The van der Waals surface area contributed by atoms with Gasteiger partial charge < -0.3 is 9.15 Å². The fourth-order valence-corrected chi connectivity index (χ4v) is 5.80. The van der Waals surface area contributed by atoms with Crippen LogP contribution in [0.15, 0.2) is 114 Å². The lowest BCUT2D eigenvalue weighted by atomic mass is 9.87. The van der Waals surface area contributed by atoms with Crippen molar-refractivity contribution in [3.05, 3.63) is 115 Å². The average molecular weight is 534 g/mol. The van der Waals surface area contributed by atoms with E-state index in [1.807, 2.05) is 54.9 Å². The number of furan rings is 1. The number of fused-ring (bicyclic) bond motifs is 8. The monoisotopic (exact) mass is 533 g/mol. The number of para-hydroxylation sites is 1. The smallest absolute Gasteiger partial charge is 0.137 e. The summed E-state index contributed by atoms with van der Waals surface area (Å²) in [5.41, 5.74) is 5.96. The van der Waals surface area contributed by atoms with Crippen molar-refractivity contribution < 1.29 is 9.15 Å². The molecule has 4 heterocycles. The third kappa shape index (κ3) is 3.77. The van der Waals surface area contributed by atoms with Crippen molar-refractivity contribution in [2.24, 2.45) is 0 Å². The van der Waals surface area contributed by atoms with Gasteiger partial charge in [-0.15, -0.1) is 0 Å². The third-order valence-electron chi connectivity index (χ3n) is 7.88. The average Bonchev–Trinajstić information content (AvgIpc) is 3.52. The Kier molecular flexibility index (Phi) is 5.01. The molecule has 0 bridgehead atoms. The Labute approximate surface area is 236 Å². The number of hydrogen-bond donors (Lipinski definition) is 0. The highest BCUT2D eigenvalue weighted by Gasteiger charge is 2.18. The Morgan fingerprint density at radius 1 is 0.683 bits per heavy atom. The lowest BCUT2D eigenvalue weighted by molar-refractivity contribution is 0.484. The van der Waals surface area contributed by atoms with Crippen LogP contribution in [0.25, 0.3) is 60.5 Å². The summed E-state index contributed by atoms with van der Waals surface area (Å²) in [6, 6.07) is 33.0. The molecule has 8 aromatic rings. The predicted molar refractivity (Wildman–Crippen MR) is 166 cm³/mol. The van der Waals surface area contributed by atoms with E-state index < -0.39 is 0 Å². The molecule has 8 rings (SSSR count). The second-order valence-electron chi connectivity index (χ2n) is 11.6. The van der Waals surface area contributed by atoms with Gasteiger partial charge >= 0.3 is 0 Å². The highest BCUT2D eigenvalue weighted by molar-refractivity contribution is 6.17. The lowest BCUT2D eigenvalue weighted by Crippen LogP contribution is -2.11. The van der Waals surface area contributed by atoms with Crippen molar-refractivity contribution in [2.45, 2.75) is 26.2 Å². The molecule has 0 atom stereocenters. The Balaban J connectivity index is 1.26. The molecule has 41 heavy (non-hydrogen) atoms. The second-order valence-corrected chi connectivity index (χ2v) is 11.6. The normalized spacial score (nSPS) is 12.3. The number of rotatable bonds is 3. The first-order valence-corrected chi connectivity index (χ1v) is 13.8. The summed E-state index contributed by atoms with van der Waals surface area (Å²) >= 11 is 0. The zero-order chi connectivity index (χ0) is 27.7. The lowest BCUT2D eigenvalue weighted by Gasteiger charge is -2.18. The van der Waals surface area contributed by atoms with Crippen LogP contribution in [0, 0.1) is 0 Å². The quantitative estimate of drug-likeness (QED) is 0.227. The maximum atomic E-state index is 6.48. The van der Waals surface area contributed by atoms with Crippen LogP contribution < -0.4 is 4.74 Å². The molecular formula is C36H27N3O2. The van der Waals surface area contributed by atoms with Gasteiger partial charge in [-0.2, -0.15) is 0 Å². The second kappa shape index (κ2) is 8.67. The van der Waals surface area contributed by atoms with Crippen LogP contribution >= 0.6 is 0 Å². The van der Waals surface area contributed by atoms with E-state index in [1.165, 1.54) is 10.9 Å². The summed E-state index contributed by atoms with van der Waals surface area (Å²) in [5.74, 6) is 2.36. The first-order valence-electron chi connectivity index (χ1n) is 13.8. The van der Waals surface area contributed by atoms with Gasteiger partial charge in [0.2, 0.25) is 0 Å². The molecule has 198 valence electrons. The number of pyridine rings is 2. The minimum absolute atomic E-state index is 0.0268. The molecule has 0 fully saturated rings. The van der Waals surface area contributed by atoms with Crippen molar-refractivity contribution in [3.63, 3.8) is 0 Å². The van der Waals surface area contributed by atoms with Crippen LogP contribution in [0.4, 0.5) is 0 Å². The van der Waals surface area contributed by atoms with Gasteiger partial charge in [-0.05, 0) is 77.7 Å². The van der Waals surface area contributed by atoms with Crippen molar-refractivity contribution in [1.29, 1.82) is 0 Å². The molecule has 4 aromatic carbocycles. The number of benzene rings is 4. The van der Waals surface area contributed by atoms with E-state index in [9.17, 15) is 0 Å². The minimum atomic E-state index is 0.0268. The van der Waals surface area contributed by atoms with Crippen molar-refractivity contribution >= 4 is 54.6 Å². The third-order valence-corrected chi connectivity index (χ3v) is 7.88. The van der Waals surface area contributed by atoms with E-state index in [0.29, 0.717) is 0 Å². The number of hydrogen-bond acceptors (Lipinski definition) is 4. The maximum absolute atomic E-state index is 6.48. The van der Waals surface area contributed by atoms with Crippen LogP contribution in [0.5, 0.6) is 11.5 Å². The molecule has 0 radical (unpaired) electrons. The SMILES string of the molecule is CC(C)(C)c1cnc2c(ccc3oc4ccc(Oc5ccc6c7ccccc7n(-c7ccccn7)c6c5)cc4c32)c1. The standard InChI is InChI=1S/C36H27N3O2/c1-36(2,3)23-18-22-11-15-32-34(35(22)38-21-23)28-19-24(13-16-31(28)41-32)40-25-12-14-27-26-8-4-5-9-29(26)39(30(27)20-25)33-10-6-7-17-37-33/h4-21H,1-3H3. The number of aromatic nitrogens is 3. The van der Waals surface area contributed by atoms with Crippen LogP contribution in [-0.4, -0.2) is 14.5 Å². The molecule has 4 aromatic heterocycles. The Morgan fingerprint density at radius 2 is 1.46 bits per heavy atom. The van der Waals surface area contributed by atoms with E-state index in [2.05, 4.69) is 84.9 Å². The van der Waals surface area contributed by atoms with Crippen LogP contribution in [-0.2, 0) is 5.41 Å². The van der Waals surface area contributed by atoms with Gasteiger partial charge in [-0.25, -0.2) is 4.98 Å². The van der Waals surface area contributed by atoms with Crippen molar-refractivity contribution in [1.82, 2.24) is 14.5 Å². The molecule has 0 saturated carbocycles. The van der Waals surface area contributed by atoms with E-state index in [4.69, 9.17) is 14.1 Å². The van der Waals surface area contributed by atoms with E-state index in [1.54, 1.807) is 0 Å². The van der Waals surface area contributed by atoms with E-state index in [0.717, 1.165) is 66.6 Å². The zero-order valence-electron chi connectivity index (χ0n) is 23.1. The Morgan fingerprint density at radius 3 is 2.32 bits per heavy atom. The highest BCUT2D eigenvalue weighted by atomic mass is 16.5. The Hall–Kier alpha value is -5.16. The van der Waals surface area contributed by atoms with Gasteiger partial charge in [-0.3, -0.25) is 9.55 Å². The number of nitrogens with zero attached hydrogens (tertiary/aromatic N) is 3. The van der Waals surface area contributed by atoms with Gasteiger partial charge in [-0.1, -0.05) is 45.0 Å². The molecule has 0 amide bonds. The maximum Gasteiger partial charge on any atom is 0.137 e. The van der Waals surface area contributed by atoms with Gasteiger partial charge in [0.05, 0.1) is 21.9 Å². The van der Waals surface area contributed by atoms with Gasteiger partial charge in [0.25, 0.3) is 0 Å². The molecule has 0 aliphatic heterocycles. The van der Waals surface area contributed by atoms with E-state index >= 15 is 0 Å². The highest BCUT2D eigenvalue weighted by Crippen LogP contribution is 2.39. The Bertz CT molecular complexity index is 2270. The molecule has 0 unspecified atom stereocenters. The number of ether oxygens (including phenoxy) is 1. The summed E-state index contributed by atoms with van der Waals surface area (Å²) in [7, 11) is 0. The molecule has 0 spiro atoms. The van der Waals surface area contributed by atoms with Crippen LogP contribution in [0.3, 0.4) is 0 Å². The molecular weight excluding hydrogens is 506 g/mol. The van der Waals surface area contributed by atoms with Gasteiger partial charge in [0.15, 0.2) is 0 Å². The summed E-state index contributed by atoms with van der Waals surface area (Å²) in [4.78, 5) is 9.54. The topological polar surface area (TPSA) is 53.1 Å². The first-order chi connectivity index (χ1) is 19.9. The van der Waals surface area contributed by atoms with Gasteiger partial charge in [0.1, 0.15) is 28.5 Å². The summed E-state index contributed by atoms with van der Waals surface area (Å²) < 4.78 is 14.9. The zero-order valence-corrected chi connectivity index (χ0v) is 23.1. The van der Waals surface area contributed by atoms with Crippen LogP contribution in [0.1, 0.15) is 26.3 Å². The van der Waals surface area contributed by atoms with E-state index in [-0.39, 0.29) is 5.41 Å². The fraction of sp³-hybridized carbons (Fsp3) is 0.111. The largest absolute Gasteiger partial charge is 0.457 e. The van der Waals surface area contributed by atoms with Crippen molar-refractivity contribution in [3.8, 4) is 17.3 Å². The molecule has 5 nitrogen and oxygen atoms in total. The van der Waals surface area contributed by atoms with Gasteiger partial charge in [0, 0.05) is 40.0 Å². The molecule has 5 heteroatoms.